The number of aryl methyl sites for hydroxylation is 24. The molecule has 1 heterocycles. The van der Waals surface area contributed by atoms with Crippen LogP contribution in [-0.2, 0) is 5.65 Å². The molecule has 1 aliphatic rings. The summed E-state index contributed by atoms with van der Waals surface area (Å²) in [5, 5.41) is 0. The summed E-state index contributed by atoms with van der Waals surface area (Å²) in [5.41, 5.74) is 41.5. The molecule has 0 unspecified atom stereocenters. The van der Waals surface area contributed by atoms with Crippen LogP contribution in [0.5, 0.6) is 0 Å². The van der Waals surface area contributed by atoms with Crippen molar-refractivity contribution >= 4 is 122 Å². The van der Waals surface area contributed by atoms with Gasteiger partial charge in [-0.2, -0.15) is 0 Å². The molecular weight excluding hydrogens is 1830 g/mol. The molecule has 1 fully saturated rings. The van der Waals surface area contributed by atoms with Crippen molar-refractivity contribution in [3.63, 3.8) is 0 Å². The Morgan fingerprint density at radius 3 is 0.352 bits per heavy atom. The summed E-state index contributed by atoms with van der Waals surface area (Å²) >= 11 is -26.3. The number of hydrogen-bond donors (Lipinski definition) is 0. The second-order valence-electron chi connectivity index (χ2n) is 31.7. The first kappa shape index (κ1) is 80.9. The van der Waals surface area contributed by atoms with Crippen molar-refractivity contribution in [3.05, 3.63) is 303 Å². The van der Waals surface area contributed by atoms with Crippen molar-refractivity contribution in [3.8, 4) is 89.0 Å². The summed E-state index contributed by atoms with van der Waals surface area (Å²) in [4.78, 5) is 0. The van der Waals surface area contributed by atoms with E-state index in [2.05, 4.69) is 336 Å². The summed E-state index contributed by atoms with van der Waals surface area (Å²) in [7, 11) is 39.5. The topological polar surface area (TPSA) is 36.9 Å². The number of halogens is 4. The van der Waals surface area contributed by atoms with Crippen LogP contribution in [0.25, 0.3) is 89.0 Å². The average Bonchev–Trinajstić information content (AvgIpc) is 0.689. The summed E-state index contributed by atoms with van der Waals surface area (Å²) < 4.78 is 39.5. The van der Waals surface area contributed by atoms with Gasteiger partial charge in [0.05, 0.1) is 0 Å². The van der Waals surface area contributed by atoms with Crippen LogP contribution in [0.3, 0.4) is 0 Å². The second kappa shape index (κ2) is 31.0. The molecule has 0 radical (unpaired) electrons. The molecule has 0 saturated carbocycles. The van der Waals surface area contributed by atoms with Crippen LogP contribution in [0.2, 0.25) is 0 Å². The zero-order chi connectivity index (χ0) is 78.0. The van der Waals surface area contributed by atoms with Crippen LogP contribution in [0.1, 0.15) is 134 Å². The van der Waals surface area contributed by atoms with Crippen molar-refractivity contribution in [1.29, 1.82) is 0 Å². The molecule has 12 heteroatoms. The molecule has 1 saturated heterocycles. The Labute approximate surface area is 678 Å². The standard InChI is InChI=1S/4C24H25.4ClH.4O.4Sn/c4*1-15-10-17(3)23(18(4)11-15)21-8-7-9-22(14-21)24-19(5)12-16(2)13-20(24)6;;;;;;;;;;;;/h4*7-13H,1-6H3;4*1H;;;;;;;;/q;;;;;;;;;;;;4*+1/p-4. The van der Waals surface area contributed by atoms with Crippen LogP contribution in [0, 0.1) is 166 Å². The minimum atomic E-state index is -6.57. The fraction of sp³-hybridized carbons (Fsp3) is 0.250. The van der Waals surface area contributed by atoms with Gasteiger partial charge >= 0.3 is 687 Å². The van der Waals surface area contributed by atoms with E-state index in [0.717, 1.165) is 237 Å². The molecule has 0 aromatic heterocycles. The zero-order valence-electron chi connectivity index (χ0n) is 67.3. The third-order valence-corrected chi connectivity index (χ3v) is 114. The van der Waals surface area contributed by atoms with E-state index in [1.54, 1.807) is 0 Å². The van der Waals surface area contributed by atoms with Crippen LogP contribution >= 0.6 is 35.7 Å². The zero-order valence-corrected chi connectivity index (χ0v) is 81.8. The molecule has 108 heavy (non-hydrogen) atoms. The van der Waals surface area contributed by atoms with Crippen molar-refractivity contribution in [2.45, 2.75) is 166 Å². The predicted molar refractivity (Wildman–Crippen MR) is 472 cm³/mol. The first-order chi connectivity index (χ1) is 50.8. The Hall–Kier alpha value is -5.17. The number of rotatable bonds is 12. The van der Waals surface area contributed by atoms with E-state index in [1.165, 1.54) is 0 Å². The minimum absolute atomic E-state index is 0.734. The molecule has 13 rings (SSSR count). The van der Waals surface area contributed by atoms with E-state index >= 15 is 0 Å². The van der Waals surface area contributed by atoms with Gasteiger partial charge in [-0.15, -0.1) is 0 Å². The van der Waals surface area contributed by atoms with Crippen LogP contribution in [-0.4, -0.2) is 72.3 Å². The van der Waals surface area contributed by atoms with Gasteiger partial charge in [0.25, 0.3) is 0 Å². The van der Waals surface area contributed by atoms with E-state index < -0.39 is 72.3 Å². The van der Waals surface area contributed by atoms with Gasteiger partial charge in [0.1, 0.15) is 0 Å². The fourth-order valence-corrected chi connectivity index (χ4v) is 156. The Morgan fingerprint density at radius 1 is 0.167 bits per heavy atom. The van der Waals surface area contributed by atoms with Gasteiger partial charge in [-0.05, 0) is 0 Å². The van der Waals surface area contributed by atoms with E-state index in [0.29, 0.717) is 0 Å². The van der Waals surface area contributed by atoms with Crippen LogP contribution in [0.15, 0.2) is 170 Å². The van der Waals surface area contributed by atoms with Gasteiger partial charge in [-0.25, -0.2) is 0 Å². The van der Waals surface area contributed by atoms with Crippen molar-refractivity contribution in [1.82, 2.24) is 0 Å². The van der Waals surface area contributed by atoms with Gasteiger partial charge in [0.15, 0.2) is 0 Å². The van der Waals surface area contributed by atoms with Crippen molar-refractivity contribution in [2.75, 3.05) is 0 Å². The molecule has 0 N–H and O–H groups in total. The van der Waals surface area contributed by atoms with Gasteiger partial charge in [-0.1, -0.05) is 0 Å². The molecule has 0 bridgehead atoms. The predicted octanol–water partition coefficient (Wildman–Crippen LogP) is 25.1. The SMILES string of the molecule is Cc1cc(C)c(-c2cccc(-c3c(C)cc(C)cc3C)[c]2[Sn]2([Cl])[O][Sn]([Cl])([c]3c(-c4c(C)cc(C)cc4C)cccc3-c3c(C)cc(C)cc3C)[O][Sn]([Cl])([c]3c(-c4c(C)cc(C)cc4C)cccc3-c3c(C)cc(C)cc3C)[O][Sn]([Cl])([c]3c(-c4c(C)cc(C)cc4C)cccc3-c3c(C)cc(C)cc3C)[O]2)c(C)c1. The fourth-order valence-electron chi connectivity index (χ4n) is 19.2. The molecule has 4 nitrogen and oxygen atoms in total. The van der Waals surface area contributed by atoms with Crippen molar-refractivity contribution < 1.29 is 5.65 Å². The molecule has 552 valence electrons. The van der Waals surface area contributed by atoms with Gasteiger partial charge in [0.2, 0.25) is 0 Å². The van der Waals surface area contributed by atoms with Gasteiger partial charge < -0.3 is 0 Å². The first-order valence-electron chi connectivity index (χ1n) is 37.6. The first-order valence-corrected chi connectivity index (χ1v) is 67.1. The second-order valence-corrected chi connectivity index (χ2v) is 80.9. The molecule has 0 aliphatic carbocycles. The summed E-state index contributed by atoms with van der Waals surface area (Å²) in [6.45, 7) is 52.6. The summed E-state index contributed by atoms with van der Waals surface area (Å²) in [6, 6.07) is 62.7. The van der Waals surface area contributed by atoms with Crippen molar-refractivity contribution in [2.24, 2.45) is 0 Å². The van der Waals surface area contributed by atoms with E-state index in [-0.39, 0.29) is 0 Å². The Bertz CT molecular complexity index is 4540. The van der Waals surface area contributed by atoms with E-state index in [1.807, 2.05) is 0 Å². The normalized spacial score (nSPS) is 18.2. The molecule has 12 aromatic rings. The van der Waals surface area contributed by atoms with Crippen LogP contribution in [0.4, 0.5) is 0 Å². The number of benzene rings is 12. The molecule has 0 amide bonds. The van der Waals surface area contributed by atoms with E-state index in [9.17, 15) is 35.7 Å². The molecule has 12 aromatic carbocycles. The third-order valence-electron chi connectivity index (χ3n) is 22.1. The summed E-state index contributed by atoms with van der Waals surface area (Å²) in [6.07, 6.45) is 0. The Morgan fingerprint density at radius 2 is 0.259 bits per heavy atom. The summed E-state index contributed by atoms with van der Waals surface area (Å²) in [5.74, 6) is 0. The maximum absolute atomic E-state index is 9.88. The Balaban J connectivity index is 1.33. The molecule has 1 aliphatic heterocycles. The molecule has 0 spiro atoms. The molecular formula is C96H100Cl4O4Sn4. The monoisotopic (exact) mass is 1940 g/mol. The quantitative estimate of drug-likeness (QED) is 0.114. The maximum atomic E-state index is 9.88. The Kier molecular flexibility index (Phi) is 23.2. The third kappa shape index (κ3) is 15.0. The van der Waals surface area contributed by atoms with E-state index in [4.69, 9.17) is 5.65 Å². The van der Waals surface area contributed by atoms with Crippen LogP contribution < -0.4 is 14.3 Å². The van der Waals surface area contributed by atoms with Gasteiger partial charge in [-0.3, -0.25) is 0 Å². The molecule has 0 atom stereocenters. The number of hydrogen-bond acceptors (Lipinski definition) is 4. The average molecular weight is 1930 g/mol. The van der Waals surface area contributed by atoms with Gasteiger partial charge in [0, 0.05) is 0 Å².